The second-order valence-corrected chi connectivity index (χ2v) is 6.53. The summed E-state index contributed by atoms with van der Waals surface area (Å²) in [6, 6.07) is 5.19. The van der Waals surface area contributed by atoms with Crippen LogP contribution in [0.4, 0.5) is 0 Å². The SMILES string of the molecule is CCOc1cc(C=C2C(=O)OC(C)(C)OC2=O)ccc1OCCN(C)C. The van der Waals surface area contributed by atoms with Gasteiger partial charge in [-0.25, -0.2) is 9.59 Å². The number of benzene rings is 1. The summed E-state index contributed by atoms with van der Waals surface area (Å²) in [5, 5.41) is 0. The second-order valence-electron chi connectivity index (χ2n) is 6.53. The molecule has 7 nitrogen and oxygen atoms in total. The minimum absolute atomic E-state index is 0.159. The standard InChI is InChI=1S/C19H25NO6/c1-6-23-16-12-13(7-8-15(16)24-10-9-20(4)5)11-14-17(21)25-19(2,3)26-18(14)22/h7-8,11-12H,6,9-10H2,1-5H3. The van der Waals surface area contributed by atoms with Crippen molar-refractivity contribution in [2.75, 3.05) is 33.9 Å². The fourth-order valence-corrected chi connectivity index (χ4v) is 2.29. The molecule has 0 spiro atoms. The van der Waals surface area contributed by atoms with Crippen LogP contribution in [0.5, 0.6) is 11.5 Å². The highest BCUT2D eigenvalue weighted by atomic mass is 16.7. The van der Waals surface area contributed by atoms with Gasteiger partial charge in [-0.3, -0.25) is 0 Å². The number of likely N-dealkylation sites (N-methyl/N-ethyl adjacent to an activating group) is 1. The monoisotopic (exact) mass is 363 g/mol. The molecule has 26 heavy (non-hydrogen) atoms. The van der Waals surface area contributed by atoms with Gasteiger partial charge in [0.2, 0.25) is 0 Å². The smallest absolute Gasteiger partial charge is 0.348 e. The van der Waals surface area contributed by atoms with Gasteiger partial charge < -0.3 is 23.8 Å². The first-order valence-electron chi connectivity index (χ1n) is 8.44. The number of carbonyl (C=O) groups excluding carboxylic acids is 2. The third-order valence-corrected chi connectivity index (χ3v) is 3.49. The van der Waals surface area contributed by atoms with Crippen molar-refractivity contribution in [1.82, 2.24) is 4.90 Å². The van der Waals surface area contributed by atoms with Crippen LogP contribution in [0.2, 0.25) is 0 Å². The van der Waals surface area contributed by atoms with E-state index in [9.17, 15) is 9.59 Å². The predicted molar refractivity (Wildman–Crippen MR) is 95.9 cm³/mol. The molecule has 0 aliphatic carbocycles. The van der Waals surface area contributed by atoms with E-state index in [1.54, 1.807) is 18.2 Å². The molecule has 1 aromatic rings. The summed E-state index contributed by atoms with van der Waals surface area (Å²) in [6.45, 7) is 6.63. The number of hydrogen-bond donors (Lipinski definition) is 0. The van der Waals surface area contributed by atoms with Crippen LogP contribution in [0, 0.1) is 0 Å². The number of esters is 2. The Labute approximate surface area is 153 Å². The highest BCUT2D eigenvalue weighted by Crippen LogP contribution is 2.30. The molecule has 7 heteroatoms. The molecule has 142 valence electrons. The number of ether oxygens (including phenoxy) is 4. The van der Waals surface area contributed by atoms with Crippen molar-refractivity contribution >= 4 is 18.0 Å². The van der Waals surface area contributed by atoms with Gasteiger partial charge in [0.05, 0.1) is 6.61 Å². The Bertz CT molecular complexity index is 686. The molecule has 0 bridgehead atoms. The van der Waals surface area contributed by atoms with E-state index in [-0.39, 0.29) is 5.57 Å². The Morgan fingerprint density at radius 2 is 1.73 bits per heavy atom. The fraction of sp³-hybridized carbons (Fsp3) is 0.474. The molecule has 0 unspecified atom stereocenters. The van der Waals surface area contributed by atoms with E-state index in [0.29, 0.717) is 30.3 Å². The van der Waals surface area contributed by atoms with Crippen molar-refractivity contribution < 1.29 is 28.5 Å². The zero-order valence-corrected chi connectivity index (χ0v) is 15.8. The molecule has 0 N–H and O–H groups in total. The highest BCUT2D eigenvalue weighted by molar-refractivity contribution is 6.18. The molecule has 0 atom stereocenters. The Kier molecular flexibility index (Phi) is 6.26. The number of hydrogen-bond acceptors (Lipinski definition) is 7. The van der Waals surface area contributed by atoms with Crippen LogP contribution in [0.3, 0.4) is 0 Å². The molecular formula is C19H25NO6. The Balaban J connectivity index is 2.23. The van der Waals surface area contributed by atoms with Crippen molar-refractivity contribution in [3.8, 4) is 11.5 Å². The van der Waals surface area contributed by atoms with Crippen LogP contribution >= 0.6 is 0 Å². The van der Waals surface area contributed by atoms with Crippen LogP contribution < -0.4 is 9.47 Å². The van der Waals surface area contributed by atoms with Crippen LogP contribution in [0.1, 0.15) is 26.3 Å². The number of cyclic esters (lactones) is 2. The first-order chi connectivity index (χ1) is 12.2. The van der Waals surface area contributed by atoms with E-state index in [4.69, 9.17) is 18.9 Å². The van der Waals surface area contributed by atoms with Crippen LogP contribution in [-0.4, -0.2) is 56.5 Å². The van der Waals surface area contributed by atoms with E-state index in [2.05, 4.69) is 0 Å². The lowest BCUT2D eigenvalue weighted by molar-refractivity contribution is -0.222. The fourth-order valence-electron chi connectivity index (χ4n) is 2.29. The quantitative estimate of drug-likeness (QED) is 0.418. The predicted octanol–water partition coefficient (Wildman–Crippen LogP) is 2.25. The van der Waals surface area contributed by atoms with E-state index in [1.165, 1.54) is 19.9 Å². The van der Waals surface area contributed by atoms with Gasteiger partial charge in [-0.05, 0) is 44.8 Å². The third-order valence-electron chi connectivity index (χ3n) is 3.49. The lowest BCUT2D eigenvalue weighted by atomic mass is 10.1. The molecule has 1 aromatic carbocycles. The number of rotatable bonds is 7. The summed E-state index contributed by atoms with van der Waals surface area (Å²) in [4.78, 5) is 26.1. The third kappa shape index (κ3) is 5.23. The van der Waals surface area contributed by atoms with Crippen molar-refractivity contribution in [3.63, 3.8) is 0 Å². The average molecular weight is 363 g/mol. The summed E-state index contributed by atoms with van der Waals surface area (Å²) >= 11 is 0. The average Bonchev–Trinajstić information content (AvgIpc) is 2.52. The van der Waals surface area contributed by atoms with Crippen molar-refractivity contribution in [2.24, 2.45) is 0 Å². The topological polar surface area (TPSA) is 74.3 Å². The van der Waals surface area contributed by atoms with Gasteiger partial charge in [-0.15, -0.1) is 0 Å². The normalized spacial score (nSPS) is 16.2. The van der Waals surface area contributed by atoms with E-state index in [0.717, 1.165) is 6.54 Å². The van der Waals surface area contributed by atoms with Crippen LogP contribution in [0.25, 0.3) is 6.08 Å². The maximum atomic E-state index is 12.1. The summed E-state index contributed by atoms with van der Waals surface area (Å²) in [7, 11) is 3.93. The van der Waals surface area contributed by atoms with Crippen molar-refractivity contribution in [2.45, 2.75) is 26.6 Å². The lowest BCUT2D eigenvalue weighted by Crippen LogP contribution is -2.41. The van der Waals surface area contributed by atoms with Crippen molar-refractivity contribution in [3.05, 3.63) is 29.3 Å². The molecule has 0 saturated carbocycles. The molecule has 1 fully saturated rings. The molecule has 0 aromatic heterocycles. The number of nitrogens with zero attached hydrogens (tertiary/aromatic N) is 1. The maximum Gasteiger partial charge on any atom is 0.348 e. The van der Waals surface area contributed by atoms with Crippen LogP contribution in [0.15, 0.2) is 23.8 Å². The van der Waals surface area contributed by atoms with Gasteiger partial charge in [-0.2, -0.15) is 0 Å². The van der Waals surface area contributed by atoms with E-state index in [1.807, 2.05) is 25.9 Å². The highest BCUT2D eigenvalue weighted by Gasteiger charge is 2.38. The van der Waals surface area contributed by atoms with Gasteiger partial charge in [-0.1, -0.05) is 6.07 Å². The first-order valence-corrected chi connectivity index (χ1v) is 8.44. The largest absolute Gasteiger partial charge is 0.490 e. The summed E-state index contributed by atoms with van der Waals surface area (Å²) in [6.07, 6.45) is 1.42. The van der Waals surface area contributed by atoms with Gasteiger partial charge in [0.15, 0.2) is 11.5 Å². The molecule has 1 saturated heterocycles. The maximum absolute atomic E-state index is 12.1. The van der Waals surface area contributed by atoms with E-state index < -0.39 is 17.7 Å². The molecular weight excluding hydrogens is 338 g/mol. The lowest BCUT2D eigenvalue weighted by Gasteiger charge is -2.29. The molecule has 1 aliphatic heterocycles. The molecule has 1 heterocycles. The van der Waals surface area contributed by atoms with Gasteiger partial charge >= 0.3 is 11.9 Å². The summed E-state index contributed by atoms with van der Waals surface area (Å²) < 4.78 is 21.5. The van der Waals surface area contributed by atoms with E-state index >= 15 is 0 Å². The van der Waals surface area contributed by atoms with Gasteiger partial charge in [0.25, 0.3) is 5.79 Å². The zero-order chi connectivity index (χ0) is 19.3. The molecule has 0 radical (unpaired) electrons. The summed E-state index contributed by atoms with van der Waals surface area (Å²) in [5.74, 6) is -1.54. The zero-order valence-electron chi connectivity index (χ0n) is 15.8. The Morgan fingerprint density at radius 1 is 1.08 bits per heavy atom. The number of carbonyl (C=O) groups is 2. The van der Waals surface area contributed by atoms with Crippen LogP contribution in [-0.2, 0) is 19.1 Å². The molecule has 1 aliphatic rings. The minimum atomic E-state index is -1.26. The molecule has 2 rings (SSSR count). The van der Waals surface area contributed by atoms with Gasteiger partial charge in [0, 0.05) is 20.4 Å². The second kappa shape index (κ2) is 8.23. The Hall–Kier alpha value is -2.54. The first kappa shape index (κ1) is 19.8. The van der Waals surface area contributed by atoms with Gasteiger partial charge in [0.1, 0.15) is 12.2 Å². The van der Waals surface area contributed by atoms with Crippen molar-refractivity contribution in [1.29, 1.82) is 0 Å². The Morgan fingerprint density at radius 3 is 2.31 bits per heavy atom. The minimum Gasteiger partial charge on any atom is -0.490 e. The summed E-state index contributed by atoms with van der Waals surface area (Å²) in [5.41, 5.74) is 0.449. The molecule has 0 amide bonds.